The number of para-hydroxylation sites is 1. The van der Waals surface area contributed by atoms with Crippen molar-refractivity contribution in [1.29, 1.82) is 0 Å². The molecule has 0 spiro atoms. The number of fused-ring (bicyclic) bond motifs is 1. The fourth-order valence-corrected chi connectivity index (χ4v) is 4.27. The second kappa shape index (κ2) is 9.31. The van der Waals surface area contributed by atoms with Gasteiger partial charge in [0.1, 0.15) is 18.5 Å². The fourth-order valence-electron chi connectivity index (χ4n) is 3.33. The monoisotopic (exact) mass is 411 g/mol. The number of benzene rings is 2. The number of aliphatic hydroxyl groups excluding tert-OH is 1. The molecule has 152 valence electrons. The standard InChI is InChI=1S/C23H25NO4S/c1-17-7-9-21(29-17)14-24(12-18-8-10-22-23(11-18)28-16-27-22)13-19(25)15-26-20-5-3-2-4-6-20/h2-11,19,25H,12-16H2,1H3/t19-/m0/s1. The van der Waals surface area contributed by atoms with Crippen LogP contribution in [0.4, 0.5) is 0 Å². The van der Waals surface area contributed by atoms with Gasteiger partial charge in [0.25, 0.3) is 0 Å². The summed E-state index contributed by atoms with van der Waals surface area (Å²) in [5.41, 5.74) is 1.12. The Morgan fingerprint density at radius 3 is 2.66 bits per heavy atom. The molecule has 5 nitrogen and oxygen atoms in total. The molecular weight excluding hydrogens is 386 g/mol. The van der Waals surface area contributed by atoms with Gasteiger partial charge in [0.2, 0.25) is 6.79 Å². The number of rotatable bonds is 9. The van der Waals surface area contributed by atoms with Crippen LogP contribution >= 0.6 is 11.3 Å². The Hall–Kier alpha value is -2.54. The first-order chi connectivity index (χ1) is 14.2. The van der Waals surface area contributed by atoms with E-state index in [1.165, 1.54) is 9.75 Å². The summed E-state index contributed by atoms with van der Waals surface area (Å²) in [5, 5.41) is 10.6. The number of aliphatic hydroxyl groups is 1. The molecule has 0 saturated heterocycles. The van der Waals surface area contributed by atoms with Gasteiger partial charge >= 0.3 is 0 Å². The van der Waals surface area contributed by atoms with Crippen LogP contribution in [0, 0.1) is 6.92 Å². The summed E-state index contributed by atoms with van der Waals surface area (Å²) in [4.78, 5) is 4.80. The predicted molar refractivity (Wildman–Crippen MR) is 114 cm³/mol. The minimum Gasteiger partial charge on any atom is -0.491 e. The highest BCUT2D eigenvalue weighted by Gasteiger charge is 2.18. The second-order valence-electron chi connectivity index (χ2n) is 7.15. The molecule has 6 heteroatoms. The van der Waals surface area contributed by atoms with Crippen molar-refractivity contribution in [2.45, 2.75) is 26.1 Å². The van der Waals surface area contributed by atoms with E-state index in [-0.39, 0.29) is 13.4 Å². The Morgan fingerprint density at radius 1 is 1.03 bits per heavy atom. The van der Waals surface area contributed by atoms with Crippen LogP contribution in [-0.2, 0) is 13.1 Å². The third kappa shape index (κ3) is 5.50. The Bertz CT molecular complexity index is 928. The molecule has 0 unspecified atom stereocenters. The molecule has 0 amide bonds. The summed E-state index contributed by atoms with van der Waals surface area (Å²) in [6, 6.07) is 19.9. The maximum atomic E-state index is 10.6. The summed E-state index contributed by atoms with van der Waals surface area (Å²) < 4.78 is 16.6. The topological polar surface area (TPSA) is 51.2 Å². The first-order valence-electron chi connectivity index (χ1n) is 9.68. The van der Waals surface area contributed by atoms with Crippen molar-refractivity contribution in [3.8, 4) is 17.2 Å². The normalized spacial score (nSPS) is 13.6. The van der Waals surface area contributed by atoms with Gasteiger partial charge < -0.3 is 19.3 Å². The lowest BCUT2D eigenvalue weighted by Crippen LogP contribution is -2.34. The van der Waals surface area contributed by atoms with Gasteiger partial charge in [-0.25, -0.2) is 0 Å². The molecule has 0 aliphatic carbocycles. The highest BCUT2D eigenvalue weighted by Crippen LogP contribution is 2.33. The Labute approximate surface area is 175 Å². The molecule has 0 saturated carbocycles. The van der Waals surface area contributed by atoms with E-state index in [1.54, 1.807) is 11.3 Å². The van der Waals surface area contributed by atoms with Crippen LogP contribution in [0.1, 0.15) is 15.3 Å². The average molecular weight is 412 g/mol. The zero-order valence-corrected chi connectivity index (χ0v) is 17.2. The lowest BCUT2D eigenvalue weighted by Gasteiger charge is -2.25. The van der Waals surface area contributed by atoms with Gasteiger partial charge in [-0.15, -0.1) is 11.3 Å². The van der Waals surface area contributed by atoms with E-state index in [0.717, 1.165) is 29.4 Å². The van der Waals surface area contributed by atoms with Crippen molar-refractivity contribution in [3.05, 3.63) is 76.0 Å². The molecule has 2 heterocycles. The van der Waals surface area contributed by atoms with E-state index in [2.05, 4.69) is 24.0 Å². The van der Waals surface area contributed by atoms with Gasteiger partial charge in [0, 0.05) is 29.4 Å². The van der Waals surface area contributed by atoms with E-state index in [4.69, 9.17) is 14.2 Å². The molecule has 1 aliphatic rings. The number of nitrogens with zero attached hydrogens (tertiary/aromatic N) is 1. The lowest BCUT2D eigenvalue weighted by molar-refractivity contribution is 0.0632. The lowest BCUT2D eigenvalue weighted by atomic mass is 10.1. The van der Waals surface area contributed by atoms with Crippen molar-refractivity contribution >= 4 is 11.3 Å². The van der Waals surface area contributed by atoms with Gasteiger partial charge in [-0.05, 0) is 48.9 Å². The van der Waals surface area contributed by atoms with Crippen LogP contribution in [0.15, 0.2) is 60.7 Å². The van der Waals surface area contributed by atoms with Crippen LogP contribution in [-0.4, -0.2) is 36.1 Å². The van der Waals surface area contributed by atoms with Crippen molar-refractivity contribution in [1.82, 2.24) is 4.90 Å². The highest BCUT2D eigenvalue weighted by molar-refractivity contribution is 7.11. The van der Waals surface area contributed by atoms with E-state index in [9.17, 15) is 5.11 Å². The van der Waals surface area contributed by atoms with Crippen LogP contribution < -0.4 is 14.2 Å². The van der Waals surface area contributed by atoms with Crippen LogP contribution in [0.5, 0.6) is 17.2 Å². The number of hydrogen-bond acceptors (Lipinski definition) is 6. The van der Waals surface area contributed by atoms with Crippen LogP contribution in [0.25, 0.3) is 0 Å². The Balaban J connectivity index is 1.41. The van der Waals surface area contributed by atoms with Crippen molar-refractivity contribution in [2.24, 2.45) is 0 Å². The molecule has 29 heavy (non-hydrogen) atoms. The summed E-state index contributed by atoms with van der Waals surface area (Å²) >= 11 is 1.78. The molecule has 4 rings (SSSR count). The zero-order valence-electron chi connectivity index (χ0n) is 16.4. The quantitative estimate of drug-likeness (QED) is 0.571. The summed E-state index contributed by atoms with van der Waals surface area (Å²) in [6.45, 7) is 4.63. The highest BCUT2D eigenvalue weighted by atomic mass is 32.1. The summed E-state index contributed by atoms with van der Waals surface area (Å²) in [7, 11) is 0. The molecular formula is C23H25NO4S. The molecule has 1 atom stereocenters. The van der Waals surface area contributed by atoms with Crippen molar-refractivity contribution in [2.75, 3.05) is 19.9 Å². The largest absolute Gasteiger partial charge is 0.491 e. The number of hydrogen-bond donors (Lipinski definition) is 1. The van der Waals surface area contributed by atoms with E-state index in [1.807, 2.05) is 48.5 Å². The minimum atomic E-state index is -0.592. The average Bonchev–Trinajstić information content (AvgIpc) is 3.35. The maximum Gasteiger partial charge on any atom is 0.231 e. The number of aryl methyl sites for hydroxylation is 1. The SMILES string of the molecule is Cc1ccc(CN(Cc2ccc3c(c2)OCO3)C[C@H](O)COc2ccccc2)s1. The molecule has 0 fully saturated rings. The van der Waals surface area contributed by atoms with Gasteiger partial charge in [-0.3, -0.25) is 4.90 Å². The minimum absolute atomic E-state index is 0.255. The van der Waals surface area contributed by atoms with Gasteiger partial charge in [-0.1, -0.05) is 24.3 Å². The Kier molecular flexibility index (Phi) is 6.34. The Morgan fingerprint density at radius 2 is 1.86 bits per heavy atom. The van der Waals surface area contributed by atoms with Crippen LogP contribution in [0.2, 0.25) is 0 Å². The third-order valence-corrected chi connectivity index (χ3v) is 5.66. The van der Waals surface area contributed by atoms with E-state index in [0.29, 0.717) is 13.1 Å². The third-order valence-electron chi connectivity index (χ3n) is 4.67. The van der Waals surface area contributed by atoms with Gasteiger partial charge in [0.15, 0.2) is 11.5 Å². The first-order valence-corrected chi connectivity index (χ1v) is 10.5. The molecule has 3 aromatic rings. The zero-order chi connectivity index (χ0) is 20.1. The molecule has 0 bridgehead atoms. The molecule has 1 N–H and O–H groups in total. The summed E-state index contributed by atoms with van der Waals surface area (Å²) in [6.07, 6.45) is -0.592. The predicted octanol–water partition coefficient (Wildman–Crippen LogP) is 4.23. The molecule has 2 aromatic carbocycles. The second-order valence-corrected chi connectivity index (χ2v) is 8.52. The van der Waals surface area contributed by atoms with Gasteiger partial charge in [-0.2, -0.15) is 0 Å². The smallest absolute Gasteiger partial charge is 0.231 e. The first kappa shape index (κ1) is 19.8. The van der Waals surface area contributed by atoms with Crippen molar-refractivity contribution in [3.63, 3.8) is 0 Å². The molecule has 1 aromatic heterocycles. The van der Waals surface area contributed by atoms with Crippen molar-refractivity contribution < 1.29 is 19.3 Å². The fraction of sp³-hybridized carbons (Fsp3) is 0.304. The van der Waals surface area contributed by atoms with Gasteiger partial charge in [0.05, 0.1) is 0 Å². The number of thiophene rings is 1. The van der Waals surface area contributed by atoms with Crippen LogP contribution in [0.3, 0.4) is 0 Å². The number of ether oxygens (including phenoxy) is 3. The maximum absolute atomic E-state index is 10.6. The molecule has 1 aliphatic heterocycles. The molecule has 0 radical (unpaired) electrons. The van der Waals surface area contributed by atoms with E-state index >= 15 is 0 Å². The van der Waals surface area contributed by atoms with E-state index < -0.39 is 6.10 Å². The summed E-state index contributed by atoms with van der Waals surface area (Å²) in [5.74, 6) is 2.33.